The van der Waals surface area contributed by atoms with Gasteiger partial charge in [0.2, 0.25) is 0 Å². The number of benzene rings is 1. The van der Waals surface area contributed by atoms with Crippen molar-refractivity contribution >= 4 is 29.0 Å². The lowest BCUT2D eigenvalue weighted by Gasteiger charge is -2.06. The predicted molar refractivity (Wildman–Crippen MR) is 72.8 cm³/mol. The van der Waals surface area contributed by atoms with Crippen LogP contribution in [0.1, 0.15) is 15.9 Å². The number of halogens is 1. The lowest BCUT2D eigenvalue weighted by Crippen LogP contribution is -2.14. The minimum Gasteiger partial charge on any atom is -0.305 e. The minimum atomic E-state index is -0.515. The van der Waals surface area contributed by atoms with Crippen molar-refractivity contribution in [3.63, 3.8) is 0 Å². The number of non-ortho nitro benzene ring substituents is 1. The molecule has 0 aliphatic heterocycles. The summed E-state index contributed by atoms with van der Waals surface area (Å²) in [7, 11) is 0. The quantitative estimate of drug-likeness (QED) is 0.692. The summed E-state index contributed by atoms with van der Waals surface area (Å²) in [6.45, 7) is 1.62. The lowest BCUT2D eigenvalue weighted by molar-refractivity contribution is -0.384. The Labute approximate surface area is 118 Å². The summed E-state index contributed by atoms with van der Waals surface area (Å²) in [4.78, 5) is 22.1. The number of nitrogens with one attached hydrogen (secondary N) is 1. The van der Waals surface area contributed by atoms with Gasteiger partial charge in [0.05, 0.1) is 4.92 Å². The van der Waals surface area contributed by atoms with Crippen LogP contribution >= 0.6 is 11.6 Å². The largest absolute Gasteiger partial charge is 0.305 e. The Balaban J connectivity index is 2.21. The van der Waals surface area contributed by atoms with Crippen molar-refractivity contribution in [2.75, 3.05) is 5.32 Å². The molecule has 0 bridgehead atoms. The number of carbonyl (C=O) groups is 1. The fraction of sp³-hybridized carbons (Fsp3) is 0.0833. The molecule has 8 heteroatoms. The molecule has 1 aromatic carbocycles. The molecular weight excluding hydrogens is 284 g/mol. The number of aryl methyl sites for hydroxylation is 1. The van der Waals surface area contributed by atoms with Crippen molar-refractivity contribution in [3.8, 4) is 0 Å². The van der Waals surface area contributed by atoms with Crippen LogP contribution < -0.4 is 5.32 Å². The van der Waals surface area contributed by atoms with Crippen LogP contribution in [0.5, 0.6) is 0 Å². The Kier molecular flexibility index (Phi) is 3.90. The summed E-state index contributed by atoms with van der Waals surface area (Å²) >= 11 is 5.59. The van der Waals surface area contributed by atoms with E-state index >= 15 is 0 Å². The van der Waals surface area contributed by atoms with Crippen LogP contribution in [-0.2, 0) is 0 Å². The van der Waals surface area contributed by atoms with Crippen molar-refractivity contribution < 1.29 is 9.72 Å². The van der Waals surface area contributed by atoms with E-state index in [1.54, 1.807) is 6.92 Å². The van der Waals surface area contributed by atoms with Crippen LogP contribution in [0.25, 0.3) is 0 Å². The average molecular weight is 293 g/mol. The zero-order chi connectivity index (χ0) is 14.7. The van der Waals surface area contributed by atoms with Crippen LogP contribution in [-0.4, -0.2) is 21.0 Å². The van der Waals surface area contributed by atoms with Crippen molar-refractivity contribution in [3.05, 3.63) is 56.7 Å². The maximum atomic E-state index is 12.0. The van der Waals surface area contributed by atoms with Crippen LogP contribution in [0.4, 0.5) is 11.5 Å². The number of hydrogen-bond acceptors (Lipinski definition) is 5. The summed E-state index contributed by atoms with van der Waals surface area (Å²) in [5, 5.41) is 20.7. The van der Waals surface area contributed by atoms with E-state index in [9.17, 15) is 14.9 Å². The van der Waals surface area contributed by atoms with Gasteiger partial charge in [0.15, 0.2) is 11.0 Å². The number of nitro benzene ring substituents is 1. The molecule has 2 aromatic rings. The summed E-state index contributed by atoms with van der Waals surface area (Å²) in [5.74, 6) is -0.175. The predicted octanol–water partition coefficient (Wildman–Crippen LogP) is 2.60. The van der Waals surface area contributed by atoms with Crippen LogP contribution in [0, 0.1) is 17.0 Å². The van der Waals surface area contributed by atoms with E-state index in [1.165, 1.54) is 30.3 Å². The fourth-order valence-electron chi connectivity index (χ4n) is 1.58. The molecule has 0 spiro atoms. The SMILES string of the molecule is Cc1cc([N+](=O)[O-])ccc1C(=O)Nc1ccc(Cl)nn1. The van der Waals surface area contributed by atoms with Crippen LogP contribution in [0.3, 0.4) is 0 Å². The van der Waals surface area contributed by atoms with E-state index in [4.69, 9.17) is 11.6 Å². The molecule has 0 atom stereocenters. The number of aromatic nitrogens is 2. The van der Waals surface area contributed by atoms with Crippen LogP contribution in [0.15, 0.2) is 30.3 Å². The second-order valence-corrected chi connectivity index (χ2v) is 4.34. The van der Waals surface area contributed by atoms with Crippen molar-refractivity contribution in [1.29, 1.82) is 0 Å². The third-order valence-corrected chi connectivity index (χ3v) is 2.74. The maximum absolute atomic E-state index is 12.0. The van der Waals surface area contributed by atoms with Gasteiger partial charge < -0.3 is 5.32 Å². The highest BCUT2D eigenvalue weighted by Crippen LogP contribution is 2.18. The maximum Gasteiger partial charge on any atom is 0.269 e. The van der Waals surface area contributed by atoms with Gasteiger partial charge in [0.1, 0.15) is 0 Å². The molecule has 0 unspecified atom stereocenters. The van der Waals surface area contributed by atoms with E-state index in [0.717, 1.165) is 0 Å². The highest BCUT2D eigenvalue weighted by atomic mass is 35.5. The topological polar surface area (TPSA) is 98.0 Å². The normalized spacial score (nSPS) is 10.1. The zero-order valence-electron chi connectivity index (χ0n) is 10.3. The highest BCUT2D eigenvalue weighted by molar-refractivity contribution is 6.29. The number of rotatable bonds is 3. The molecular formula is C12H9ClN4O3. The second kappa shape index (κ2) is 5.62. The first-order chi connectivity index (χ1) is 9.47. The van der Waals surface area contributed by atoms with Gasteiger partial charge >= 0.3 is 0 Å². The van der Waals surface area contributed by atoms with Gasteiger partial charge in [0, 0.05) is 17.7 Å². The molecule has 102 valence electrons. The molecule has 1 amide bonds. The third kappa shape index (κ3) is 3.07. The summed E-state index contributed by atoms with van der Waals surface area (Å²) in [6.07, 6.45) is 0. The molecule has 1 heterocycles. The number of anilines is 1. The molecule has 0 fully saturated rings. The first kappa shape index (κ1) is 13.9. The van der Waals surface area contributed by atoms with E-state index in [2.05, 4.69) is 15.5 Å². The molecule has 2 rings (SSSR count). The van der Waals surface area contributed by atoms with Gasteiger partial charge in [-0.15, -0.1) is 10.2 Å². The Morgan fingerprint density at radius 1 is 1.30 bits per heavy atom. The van der Waals surface area contributed by atoms with Gasteiger partial charge in [-0.3, -0.25) is 14.9 Å². The van der Waals surface area contributed by atoms with Gasteiger partial charge in [-0.1, -0.05) is 11.6 Å². The highest BCUT2D eigenvalue weighted by Gasteiger charge is 2.14. The zero-order valence-corrected chi connectivity index (χ0v) is 11.1. The average Bonchev–Trinajstić information content (AvgIpc) is 2.41. The molecule has 0 aliphatic rings. The third-order valence-electron chi connectivity index (χ3n) is 2.54. The Morgan fingerprint density at radius 2 is 2.05 bits per heavy atom. The van der Waals surface area contributed by atoms with Crippen molar-refractivity contribution in [2.45, 2.75) is 6.92 Å². The summed E-state index contributed by atoms with van der Waals surface area (Å²) in [6, 6.07) is 7.00. The Hall–Kier alpha value is -2.54. The second-order valence-electron chi connectivity index (χ2n) is 3.95. The Bertz CT molecular complexity index is 673. The molecule has 1 N–H and O–H groups in total. The van der Waals surface area contributed by atoms with Gasteiger partial charge in [0.25, 0.3) is 11.6 Å². The monoisotopic (exact) mass is 292 g/mol. The molecule has 0 saturated carbocycles. The number of hydrogen-bond donors (Lipinski definition) is 1. The van der Waals surface area contributed by atoms with Crippen molar-refractivity contribution in [2.24, 2.45) is 0 Å². The fourth-order valence-corrected chi connectivity index (χ4v) is 1.68. The smallest absolute Gasteiger partial charge is 0.269 e. The van der Waals surface area contributed by atoms with Crippen molar-refractivity contribution in [1.82, 2.24) is 10.2 Å². The molecule has 7 nitrogen and oxygen atoms in total. The molecule has 0 aliphatic carbocycles. The van der Waals surface area contributed by atoms with Crippen LogP contribution in [0.2, 0.25) is 5.15 Å². The molecule has 0 radical (unpaired) electrons. The number of amides is 1. The lowest BCUT2D eigenvalue weighted by atomic mass is 10.1. The number of nitrogens with zero attached hydrogens (tertiary/aromatic N) is 3. The number of carbonyl (C=O) groups excluding carboxylic acids is 1. The van der Waals surface area contributed by atoms with E-state index in [-0.39, 0.29) is 16.7 Å². The first-order valence-electron chi connectivity index (χ1n) is 5.53. The Morgan fingerprint density at radius 3 is 2.60 bits per heavy atom. The molecule has 1 aromatic heterocycles. The van der Waals surface area contributed by atoms with E-state index in [1.807, 2.05) is 0 Å². The summed E-state index contributed by atoms with van der Waals surface area (Å²) in [5.41, 5.74) is 0.760. The van der Waals surface area contributed by atoms with Gasteiger partial charge in [-0.05, 0) is 30.7 Å². The minimum absolute atomic E-state index is 0.0645. The van der Waals surface area contributed by atoms with E-state index < -0.39 is 10.8 Å². The van der Waals surface area contributed by atoms with E-state index in [0.29, 0.717) is 11.1 Å². The molecule has 0 saturated heterocycles. The van der Waals surface area contributed by atoms with Gasteiger partial charge in [-0.25, -0.2) is 0 Å². The number of nitro groups is 1. The van der Waals surface area contributed by atoms with Gasteiger partial charge in [-0.2, -0.15) is 0 Å². The summed E-state index contributed by atoms with van der Waals surface area (Å²) < 4.78 is 0. The first-order valence-corrected chi connectivity index (χ1v) is 5.91. The molecule has 20 heavy (non-hydrogen) atoms. The standard InChI is InChI=1S/C12H9ClN4O3/c1-7-6-8(17(19)20)2-3-9(7)12(18)14-11-5-4-10(13)15-16-11/h2-6H,1H3,(H,14,16,18).